The van der Waals surface area contributed by atoms with Gasteiger partial charge in [-0.2, -0.15) is 0 Å². The van der Waals surface area contributed by atoms with Crippen molar-refractivity contribution in [1.82, 2.24) is 9.88 Å². The van der Waals surface area contributed by atoms with Crippen molar-refractivity contribution >= 4 is 28.6 Å². The molecule has 3 rings (SSSR count). The number of pyridine rings is 1. The number of aromatic nitrogens is 1. The van der Waals surface area contributed by atoms with Crippen LogP contribution in [-0.4, -0.2) is 23.3 Å². The van der Waals surface area contributed by atoms with Crippen molar-refractivity contribution in [3.8, 4) is 5.75 Å². The van der Waals surface area contributed by atoms with Gasteiger partial charge >= 0.3 is 0 Å². The van der Waals surface area contributed by atoms with Crippen molar-refractivity contribution < 1.29 is 9.53 Å². The zero-order valence-corrected chi connectivity index (χ0v) is 17.3. The van der Waals surface area contributed by atoms with E-state index in [4.69, 9.17) is 4.74 Å². The minimum atomic E-state index is -0.384. The zero-order valence-electron chi connectivity index (χ0n) is 16.5. The van der Waals surface area contributed by atoms with Gasteiger partial charge in [0, 0.05) is 18.1 Å². The van der Waals surface area contributed by atoms with E-state index in [1.807, 2.05) is 63.5 Å². The molecule has 6 heteroatoms. The van der Waals surface area contributed by atoms with Crippen molar-refractivity contribution in [2.45, 2.75) is 24.8 Å². The van der Waals surface area contributed by atoms with Gasteiger partial charge in [-0.1, -0.05) is 12.1 Å². The maximum atomic E-state index is 12.9. The molecule has 0 saturated carbocycles. The van der Waals surface area contributed by atoms with E-state index in [1.165, 1.54) is 0 Å². The molecule has 0 fully saturated rings. The third kappa shape index (κ3) is 4.07. The van der Waals surface area contributed by atoms with Gasteiger partial charge in [-0.25, -0.2) is 0 Å². The SMILES string of the molecule is CCOc1ccc2c(c1)c(=O)c(C(=O)NC(C)c1ccc(SC)cc1)cn2C. The molecule has 0 aliphatic rings. The minimum absolute atomic E-state index is 0.122. The van der Waals surface area contributed by atoms with Crippen LogP contribution in [0.3, 0.4) is 0 Å². The van der Waals surface area contributed by atoms with Crippen LogP contribution in [0.4, 0.5) is 0 Å². The van der Waals surface area contributed by atoms with Gasteiger partial charge in [0.15, 0.2) is 0 Å². The minimum Gasteiger partial charge on any atom is -0.494 e. The summed E-state index contributed by atoms with van der Waals surface area (Å²) in [5.74, 6) is 0.234. The Bertz CT molecular complexity index is 1060. The van der Waals surface area contributed by atoms with E-state index in [1.54, 1.807) is 28.6 Å². The first-order chi connectivity index (χ1) is 13.4. The van der Waals surface area contributed by atoms with Gasteiger partial charge in [0.1, 0.15) is 11.3 Å². The summed E-state index contributed by atoms with van der Waals surface area (Å²) in [6.45, 7) is 4.31. The molecule has 0 aliphatic carbocycles. The van der Waals surface area contributed by atoms with E-state index >= 15 is 0 Å². The number of amides is 1. The fourth-order valence-corrected chi connectivity index (χ4v) is 3.55. The highest BCUT2D eigenvalue weighted by atomic mass is 32.2. The van der Waals surface area contributed by atoms with Crippen LogP contribution in [-0.2, 0) is 7.05 Å². The Morgan fingerprint density at radius 3 is 2.57 bits per heavy atom. The standard InChI is InChI=1S/C22H24N2O3S/c1-5-27-16-8-11-20-18(12-16)21(25)19(13-24(20)3)22(26)23-14(2)15-6-9-17(28-4)10-7-15/h6-14H,5H2,1-4H3,(H,23,26). The summed E-state index contributed by atoms with van der Waals surface area (Å²) in [6.07, 6.45) is 3.61. The predicted octanol–water partition coefficient (Wildman–Crippen LogP) is 4.15. The average molecular weight is 397 g/mol. The van der Waals surface area contributed by atoms with E-state index in [2.05, 4.69) is 5.32 Å². The average Bonchev–Trinajstić information content (AvgIpc) is 2.70. The number of ether oxygens (including phenoxy) is 1. The lowest BCUT2D eigenvalue weighted by molar-refractivity contribution is 0.0938. The number of rotatable bonds is 6. The third-order valence-corrected chi connectivity index (χ3v) is 5.42. The summed E-state index contributed by atoms with van der Waals surface area (Å²) >= 11 is 1.67. The van der Waals surface area contributed by atoms with Crippen LogP contribution < -0.4 is 15.5 Å². The highest BCUT2D eigenvalue weighted by Crippen LogP contribution is 2.21. The maximum Gasteiger partial charge on any atom is 0.257 e. The number of nitrogens with zero attached hydrogens (tertiary/aromatic N) is 1. The van der Waals surface area contributed by atoms with Crippen molar-refractivity contribution in [2.75, 3.05) is 12.9 Å². The zero-order chi connectivity index (χ0) is 20.3. The van der Waals surface area contributed by atoms with Crippen LogP contribution in [0.1, 0.15) is 35.8 Å². The van der Waals surface area contributed by atoms with E-state index in [0.717, 1.165) is 16.0 Å². The van der Waals surface area contributed by atoms with Crippen LogP contribution in [0.2, 0.25) is 0 Å². The van der Waals surface area contributed by atoms with Crippen molar-refractivity contribution in [3.05, 3.63) is 70.0 Å². The molecule has 1 unspecified atom stereocenters. The Kier molecular flexibility index (Phi) is 6.09. The van der Waals surface area contributed by atoms with Crippen LogP contribution in [0.25, 0.3) is 10.9 Å². The van der Waals surface area contributed by atoms with Gasteiger partial charge in [-0.3, -0.25) is 9.59 Å². The van der Waals surface area contributed by atoms with Crippen molar-refractivity contribution in [1.29, 1.82) is 0 Å². The Balaban J connectivity index is 1.92. The van der Waals surface area contributed by atoms with E-state index in [0.29, 0.717) is 17.7 Å². The van der Waals surface area contributed by atoms with Crippen molar-refractivity contribution in [2.24, 2.45) is 7.05 Å². The number of fused-ring (bicyclic) bond motifs is 1. The van der Waals surface area contributed by atoms with Crippen LogP contribution in [0.15, 0.2) is 58.4 Å². The first-order valence-electron chi connectivity index (χ1n) is 9.15. The first kappa shape index (κ1) is 20.0. The second-order valence-corrected chi connectivity index (χ2v) is 7.44. The molecule has 1 heterocycles. The van der Waals surface area contributed by atoms with Gasteiger partial charge < -0.3 is 14.6 Å². The van der Waals surface area contributed by atoms with Gasteiger partial charge in [-0.05, 0) is 56.0 Å². The Morgan fingerprint density at radius 2 is 1.93 bits per heavy atom. The number of thioether (sulfide) groups is 1. The third-order valence-electron chi connectivity index (χ3n) is 4.68. The largest absolute Gasteiger partial charge is 0.494 e. The van der Waals surface area contributed by atoms with Crippen LogP contribution in [0.5, 0.6) is 5.75 Å². The summed E-state index contributed by atoms with van der Waals surface area (Å²) in [5, 5.41) is 3.40. The molecule has 3 aromatic rings. The molecule has 0 aliphatic heterocycles. The molecule has 1 aromatic heterocycles. The number of carbonyl (C=O) groups is 1. The molecule has 28 heavy (non-hydrogen) atoms. The number of carbonyl (C=O) groups excluding carboxylic acids is 1. The topological polar surface area (TPSA) is 60.3 Å². The van der Waals surface area contributed by atoms with Crippen LogP contribution in [0, 0.1) is 0 Å². The second kappa shape index (κ2) is 8.52. The molecule has 0 bridgehead atoms. The molecule has 1 atom stereocenters. The van der Waals surface area contributed by atoms with Gasteiger partial charge in [0.05, 0.1) is 23.6 Å². The number of aryl methyl sites for hydroxylation is 1. The Labute approximate surface area is 168 Å². The van der Waals surface area contributed by atoms with E-state index < -0.39 is 0 Å². The maximum absolute atomic E-state index is 12.9. The summed E-state index contributed by atoms with van der Waals surface area (Å²) in [6, 6.07) is 13.2. The summed E-state index contributed by atoms with van der Waals surface area (Å²) < 4.78 is 7.29. The molecule has 0 saturated heterocycles. The molecule has 2 aromatic carbocycles. The number of nitrogens with one attached hydrogen (secondary N) is 1. The number of benzene rings is 2. The monoisotopic (exact) mass is 396 g/mol. The first-order valence-corrected chi connectivity index (χ1v) is 10.4. The second-order valence-electron chi connectivity index (χ2n) is 6.56. The van der Waals surface area contributed by atoms with Gasteiger partial charge in [0.2, 0.25) is 5.43 Å². The van der Waals surface area contributed by atoms with Crippen molar-refractivity contribution in [3.63, 3.8) is 0 Å². The predicted molar refractivity (Wildman–Crippen MR) is 114 cm³/mol. The van der Waals surface area contributed by atoms with Gasteiger partial charge in [-0.15, -0.1) is 11.8 Å². The molecule has 1 N–H and O–H groups in total. The Hall–Kier alpha value is -2.73. The lowest BCUT2D eigenvalue weighted by Gasteiger charge is -2.16. The molecule has 0 radical (unpaired) electrons. The molecule has 146 valence electrons. The van der Waals surface area contributed by atoms with E-state index in [-0.39, 0.29) is 22.9 Å². The smallest absolute Gasteiger partial charge is 0.257 e. The van der Waals surface area contributed by atoms with Crippen LogP contribution >= 0.6 is 11.8 Å². The summed E-state index contributed by atoms with van der Waals surface area (Å²) in [5.41, 5.74) is 1.57. The number of hydrogen-bond acceptors (Lipinski definition) is 4. The van der Waals surface area contributed by atoms with Gasteiger partial charge in [0.25, 0.3) is 5.91 Å². The normalized spacial score (nSPS) is 12.0. The highest BCUT2D eigenvalue weighted by Gasteiger charge is 2.17. The molecule has 1 amide bonds. The lowest BCUT2D eigenvalue weighted by Crippen LogP contribution is -2.31. The fourth-order valence-electron chi connectivity index (χ4n) is 3.14. The number of hydrogen-bond donors (Lipinski definition) is 1. The summed E-state index contributed by atoms with van der Waals surface area (Å²) in [4.78, 5) is 26.9. The fraction of sp³-hybridized carbons (Fsp3) is 0.273. The molecular formula is C22H24N2O3S. The lowest BCUT2D eigenvalue weighted by atomic mass is 10.1. The quantitative estimate of drug-likeness (QED) is 0.636. The summed E-state index contributed by atoms with van der Waals surface area (Å²) in [7, 11) is 1.82. The Morgan fingerprint density at radius 1 is 1.21 bits per heavy atom. The molecule has 0 spiro atoms. The molecular weight excluding hydrogens is 372 g/mol. The highest BCUT2D eigenvalue weighted by molar-refractivity contribution is 7.98. The van der Waals surface area contributed by atoms with E-state index in [9.17, 15) is 9.59 Å². The molecule has 5 nitrogen and oxygen atoms in total.